The summed E-state index contributed by atoms with van der Waals surface area (Å²) in [7, 11) is -3.49. The normalized spacial score (nSPS) is 15.9. The van der Waals surface area contributed by atoms with Gasteiger partial charge in [0.15, 0.2) is 0 Å². The van der Waals surface area contributed by atoms with Gasteiger partial charge in [0.2, 0.25) is 16.0 Å². The van der Waals surface area contributed by atoms with Crippen molar-refractivity contribution in [2.24, 2.45) is 5.73 Å². The molecule has 1 fully saturated rings. The molecule has 1 aromatic carbocycles. The lowest BCUT2D eigenvalue weighted by Crippen LogP contribution is -2.28. The van der Waals surface area contributed by atoms with Crippen molar-refractivity contribution < 1.29 is 8.42 Å². The number of hydrogen-bond donors (Lipinski definition) is 2. The van der Waals surface area contributed by atoms with E-state index >= 15 is 0 Å². The minimum atomic E-state index is -3.49. The Morgan fingerprint density at radius 3 is 2.65 bits per heavy atom. The van der Waals surface area contributed by atoms with Crippen LogP contribution in [-0.2, 0) is 10.0 Å². The van der Waals surface area contributed by atoms with Crippen LogP contribution in [0, 0.1) is 5.41 Å². The van der Waals surface area contributed by atoms with E-state index in [1.54, 1.807) is 24.4 Å². The second-order valence-corrected chi connectivity index (χ2v) is 7.59. The van der Waals surface area contributed by atoms with Gasteiger partial charge < -0.3 is 5.73 Å². The van der Waals surface area contributed by atoms with Crippen LogP contribution in [0.2, 0.25) is 0 Å². The maximum absolute atomic E-state index is 12.6. The van der Waals surface area contributed by atoms with E-state index in [4.69, 9.17) is 22.9 Å². The average molecular weight is 354 g/mol. The van der Waals surface area contributed by atoms with Crippen molar-refractivity contribution in [3.8, 4) is 0 Å². The third-order valence-electron chi connectivity index (χ3n) is 3.84. The van der Waals surface area contributed by atoms with Gasteiger partial charge in [-0.1, -0.05) is 6.07 Å². The van der Waals surface area contributed by atoms with Gasteiger partial charge in [-0.3, -0.25) is 10.4 Å². The van der Waals surface area contributed by atoms with E-state index in [0.717, 1.165) is 17.3 Å². The first-order valence-corrected chi connectivity index (χ1v) is 8.87. The quantitative estimate of drug-likeness (QED) is 0.498. The van der Waals surface area contributed by atoms with Crippen molar-refractivity contribution in [1.29, 1.82) is 5.41 Å². The van der Waals surface area contributed by atoms with Gasteiger partial charge in [0.25, 0.3) is 0 Å². The summed E-state index contributed by atoms with van der Waals surface area (Å²) in [6, 6.07) is 4.78. The summed E-state index contributed by atoms with van der Waals surface area (Å²) in [6.45, 7) is 1.11. The standard InChI is InChI=1S/C14H16ClN5O2S/c15-20(14(16)17)13-9-18-8-10-7-11(3-4-12(10)13)23(21,22)19-5-1-2-6-19/h3-4,7-9H,1-2,5-6H2,(H3,16,17). The number of halogens is 1. The molecule has 1 saturated heterocycles. The average Bonchev–Trinajstić information content (AvgIpc) is 3.08. The lowest BCUT2D eigenvalue weighted by atomic mass is 10.1. The van der Waals surface area contributed by atoms with E-state index in [1.807, 2.05) is 0 Å². The van der Waals surface area contributed by atoms with E-state index in [-0.39, 0.29) is 10.9 Å². The molecule has 0 radical (unpaired) electrons. The maximum atomic E-state index is 12.6. The second-order valence-electron chi connectivity index (χ2n) is 5.32. The predicted octanol–water partition coefficient (Wildman–Crippen LogP) is 1.87. The summed E-state index contributed by atoms with van der Waals surface area (Å²) in [6.07, 6.45) is 4.81. The van der Waals surface area contributed by atoms with E-state index in [9.17, 15) is 8.42 Å². The van der Waals surface area contributed by atoms with Crippen molar-refractivity contribution in [3.63, 3.8) is 0 Å². The van der Waals surface area contributed by atoms with Crippen LogP contribution in [0.15, 0.2) is 35.5 Å². The Morgan fingerprint density at radius 2 is 2.00 bits per heavy atom. The van der Waals surface area contributed by atoms with E-state index in [1.165, 1.54) is 10.5 Å². The Balaban J connectivity index is 2.08. The molecule has 1 aliphatic rings. The Hall–Kier alpha value is -1.90. The number of nitrogens with zero attached hydrogens (tertiary/aromatic N) is 3. The van der Waals surface area contributed by atoms with Crippen LogP contribution in [0.1, 0.15) is 12.8 Å². The van der Waals surface area contributed by atoms with Crippen LogP contribution >= 0.6 is 11.8 Å². The first-order valence-electron chi connectivity index (χ1n) is 7.09. The molecule has 122 valence electrons. The summed E-state index contributed by atoms with van der Waals surface area (Å²) in [5, 5.41) is 8.70. The fourth-order valence-electron chi connectivity index (χ4n) is 2.66. The smallest absolute Gasteiger partial charge is 0.243 e. The molecule has 2 aromatic rings. The molecule has 7 nitrogen and oxygen atoms in total. The maximum Gasteiger partial charge on any atom is 0.243 e. The number of hydrogen-bond acceptors (Lipinski definition) is 4. The van der Waals surface area contributed by atoms with Crippen LogP contribution in [0.5, 0.6) is 0 Å². The van der Waals surface area contributed by atoms with Crippen molar-refractivity contribution >= 4 is 44.2 Å². The van der Waals surface area contributed by atoms with E-state index < -0.39 is 10.0 Å². The molecule has 0 amide bonds. The Morgan fingerprint density at radius 1 is 1.30 bits per heavy atom. The largest absolute Gasteiger partial charge is 0.369 e. The molecule has 0 atom stereocenters. The Bertz CT molecular complexity index is 865. The third-order valence-corrected chi connectivity index (χ3v) is 6.09. The fourth-order valence-corrected chi connectivity index (χ4v) is 4.35. The van der Waals surface area contributed by atoms with Crippen LogP contribution in [0.3, 0.4) is 0 Å². The number of pyridine rings is 1. The number of fused-ring (bicyclic) bond motifs is 1. The minimum absolute atomic E-state index is 0.231. The molecule has 1 aliphatic heterocycles. The second kappa shape index (κ2) is 5.95. The Labute approximate surface area is 139 Å². The predicted molar refractivity (Wildman–Crippen MR) is 90.0 cm³/mol. The van der Waals surface area contributed by atoms with Gasteiger partial charge in [0.05, 0.1) is 16.8 Å². The van der Waals surface area contributed by atoms with Gasteiger partial charge in [-0.25, -0.2) is 12.8 Å². The highest BCUT2D eigenvalue weighted by molar-refractivity contribution is 7.89. The number of nitrogens with one attached hydrogen (secondary N) is 1. The molecule has 9 heteroatoms. The summed E-state index contributed by atoms with van der Waals surface area (Å²) in [5.41, 5.74) is 5.82. The lowest BCUT2D eigenvalue weighted by molar-refractivity contribution is 0.477. The highest BCUT2D eigenvalue weighted by Gasteiger charge is 2.27. The molecule has 1 aromatic heterocycles. The number of guanidine groups is 1. The zero-order chi connectivity index (χ0) is 16.6. The van der Waals surface area contributed by atoms with Crippen molar-refractivity contribution in [2.45, 2.75) is 17.7 Å². The van der Waals surface area contributed by atoms with Crippen LogP contribution in [-0.4, -0.2) is 36.8 Å². The molecule has 0 saturated carbocycles. The van der Waals surface area contributed by atoms with E-state index in [0.29, 0.717) is 29.5 Å². The topological polar surface area (TPSA) is 103 Å². The SMILES string of the molecule is N=C(N)N(Cl)c1cncc2cc(S(=O)(=O)N3CCCC3)ccc12. The zero-order valence-electron chi connectivity index (χ0n) is 12.2. The van der Waals surface area contributed by atoms with Crippen molar-refractivity contribution in [3.05, 3.63) is 30.6 Å². The number of rotatable bonds is 3. The highest BCUT2D eigenvalue weighted by Crippen LogP contribution is 2.30. The molecule has 0 unspecified atom stereocenters. The van der Waals surface area contributed by atoms with Crippen molar-refractivity contribution in [2.75, 3.05) is 17.5 Å². The number of benzene rings is 1. The molecule has 3 rings (SSSR count). The molecule has 23 heavy (non-hydrogen) atoms. The zero-order valence-corrected chi connectivity index (χ0v) is 13.8. The summed E-state index contributed by atoms with van der Waals surface area (Å²) in [4.78, 5) is 4.28. The molecule has 0 bridgehead atoms. The summed E-state index contributed by atoms with van der Waals surface area (Å²) in [5.74, 6) is -0.338. The van der Waals surface area contributed by atoms with E-state index in [2.05, 4.69) is 4.98 Å². The summed E-state index contributed by atoms with van der Waals surface area (Å²) < 4.78 is 27.7. The van der Waals surface area contributed by atoms with Gasteiger partial charge in [-0.2, -0.15) is 4.31 Å². The van der Waals surface area contributed by atoms with Gasteiger partial charge in [0, 0.05) is 41.8 Å². The molecule has 0 aliphatic carbocycles. The monoisotopic (exact) mass is 353 g/mol. The molecule has 2 heterocycles. The first-order chi connectivity index (χ1) is 10.9. The van der Waals surface area contributed by atoms with Crippen LogP contribution in [0.25, 0.3) is 10.8 Å². The molecular formula is C14H16ClN5O2S. The lowest BCUT2D eigenvalue weighted by Gasteiger charge is -2.17. The number of anilines is 1. The molecule has 0 spiro atoms. The number of aromatic nitrogens is 1. The number of nitrogens with two attached hydrogens (primary N) is 1. The van der Waals surface area contributed by atoms with Gasteiger partial charge >= 0.3 is 0 Å². The number of sulfonamides is 1. The van der Waals surface area contributed by atoms with Gasteiger partial charge in [-0.05, 0) is 25.0 Å². The van der Waals surface area contributed by atoms with Crippen LogP contribution in [0.4, 0.5) is 5.69 Å². The van der Waals surface area contributed by atoms with Crippen LogP contribution < -0.4 is 10.2 Å². The van der Waals surface area contributed by atoms with Crippen molar-refractivity contribution in [1.82, 2.24) is 9.29 Å². The molecule has 3 N–H and O–H groups in total. The summed E-state index contributed by atoms with van der Waals surface area (Å²) >= 11 is 5.97. The fraction of sp³-hybridized carbons (Fsp3) is 0.286. The van der Waals surface area contributed by atoms with Gasteiger partial charge in [-0.15, -0.1) is 0 Å². The first kappa shape index (κ1) is 16.0. The third kappa shape index (κ3) is 2.85. The Kier molecular flexibility index (Phi) is 4.13. The molecular weight excluding hydrogens is 338 g/mol. The highest BCUT2D eigenvalue weighted by atomic mass is 35.5. The van der Waals surface area contributed by atoms with Gasteiger partial charge in [0.1, 0.15) is 0 Å². The minimum Gasteiger partial charge on any atom is -0.369 e.